The topological polar surface area (TPSA) is 37.3 Å². The highest BCUT2D eigenvalue weighted by molar-refractivity contribution is 5.89. The molecule has 1 unspecified atom stereocenters. The molecule has 0 spiro atoms. The van der Waals surface area contributed by atoms with Crippen molar-refractivity contribution in [2.24, 2.45) is 0 Å². The molecule has 2 amide bonds. The Hall–Kier alpha value is -3.15. The van der Waals surface area contributed by atoms with Crippen LogP contribution in [0.4, 0.5) is 19.3 Å². The summed E-state index contributed by atoms with van der Waals surface area (Å²) in [5.41, 5.74) is 2.08. The zero-order valence-electron chi connectivity index (χ0n) is 14.5. The van der Waals surface area contributed by atoms with E-state index >= 15 is 0 Å². The van der Waals surface area contributed by atoms with Crippen LogP contribution >= 0.6 is 0 Å². The molecule has 0 aliphatic heterocycles. The molecule has 26 heavy (non-hydrogen) atoms. The Balaban J connectivity index is 1.73. The van der Waals surface area contributed by atoms with Crippen LogP contribution in [0, 0.1) is 11.6 Å². The van der Waals surface area contributed by atoms with Gasteiger partial charge in [0.15, 0.2) is 11.6 Å². The number of nitrogens with one attached hydrogen (secondary N) is 1. The molecule has 0 radical (unpaired) electrons. The van der Waals surface area contributed by atoms with Gasteiger partial charge in [-0.25, -0.2) is 13.6 Å². The van der Waals surface area contributed by atoms with Crippen LogP contribution in [0.5, 0.6) is 0 Å². The highest BCUT2D eigenvalue weighted by Crippen LogP contribution is 2.22. The summed E-state index contributed by atoms with van der Waals surface area (Å²) in [6, 6.07) is 14.2. The van der Waals surface area contributed by atoms with E-state index in [9.17, 15) is 13.6 Å². The predicted octanol–water partition coefficient (Wildman–Crippen LogP) is 4.98. The summed E-state index contributed by atoms with van der Waals surface area (Å²) in [6.07, 6.45) is 3.83. The van der Waals surface area contributed by atoms with Crippen molar-refractivity contribution in [3.8, 4) is 5.69 Å². The van der Waals surface area contributed by atoms with Crippen molar-refractivity contribution >= 4 is 11.7 Å². The number of hydrogen-bond acceptors (Lipinski definition) is 1. The lowest BCUT2D eigenvalue weighted by Gasteiger charge is -2.25. The quantitative estimate of drug-likeness (QED) is 0.704. The molecule has 0 fully saturated rings. The minimum Gasteiger partial charge on any atom is -0.324 e. The summed E-state index contributed by atoms with van der Waals surface area (Å²) in [5, 5.41) is 2.83. The van der Waals surface area contributed by atoms with E-state index in [-0.39, 0.29) is 6.03 Å². The molecule has 6 heteroatoms. The van der Waals surface area contributed by atoms with E-state index in [1.54, 1.807) is 20.0 Å². The standard InChI is InChI=1S/C20H19F2N3O/c1-14(15-8-9-18(21)19(22)12-15)24(2)20(26)23-16-6-5-7-17(13-16)25-10-3-4-11-25/h3-14H,1-2H3,(H,23,26). The number of hydrogen-bond donors (Lipinski definition) is 1. The minimum atomic E-state index is -0.928. The third-order valence-corrected chi connectivity index (χ3v) is 4.33. The number of amides is 2. The summed E-state index contributed by atoms with van der Waals surface area (Å²) in [6.45, 7) is 1.75. The Labute approximate surface area is 150 Å². The largest absolute Gasteiger partial charge is 0.324 e. The van der Waals surface area contributed by atoms with Crippen molar-refractivity contribution in [1.29, 1.82) is 0 Å². The Bertz CT molecular complexity index is 909. The lowest BCUT2D eigenvalue weighted by molar-refractivity contribution is 0.208. The Morgan fingerprint density at radius 1 is 1.04 bits per heavy atom. The second-order valence-electron chi connectivity index (χ2n) is 6.03. The van der Waals surface area contributed by atoms with Crippen molar-refractivity contribution in [3.05, 3.63) is 84.2 Å². The fourth-order valence-corrected chi connectivity index (χ4v) is 2.63. The van der Waals surface area contributed by atoms with Crippen molar-refractivity contribution in [3.63, 3.8) is 0 Å². The summed E-state index contributed by atoms with van der Waals surface area (Å²) in [7, 11) is 1.61. The molecule has 0 saturated heterocycles. The molecule has 0 saturated carbocycles. The van der Waals surface area contributed by atoms with Crippen molar-refractivity contribution < 1.29 is 13.6 Å². The monoisotopic (exact) mass is 355 g/mol. The van der Waals surface area contributed by atoms with Gasteiger partial charge >= 0.3 is 6.03 Å². The number of carbonyl (C=O) groups excluding carboxylic acids is 1. The van der Waals surface area contributed by atoms with E-state index in [0.29, 0.717) is 11.3 Å². The molecule has 1 N–H and O–H groups in total. The molecular weight excluding hydrogens is 336 g/mol. The number of rotatable bonds is 4. The van der Waals surface area contributed by atoms with Crippen LogP contribution in [0.1, 0.15) is 18.5 Å². The second-order valence-corrected chi connectivity index (χ2v) is 6.03. The predicted molar refractivity (Wildman–Crippen MR) is 97.3 cm³/mol. The van der Waals surface area contributed by atoms with Crippen LogP contribution < -0.4 is 5.32 Å². The van der Waals surface area contributed by atoms with Crippen LogP contribution in [0.3, 0.4) is 0 Å². The smallest absolute Gasteiger partial charge is 0.322 e. The molecule has 0 bridgehead atoms. The van der Waals surface area contributed by atoms with E-state index < -0.39 is 17.7 Å². The number of urea groups is 1. The van der Waals surface area contributed by atoms with Crippen molar-refractivity contribution in [2.45, 2.75) is 13.0 Å². The molecule has 1 atom stereocenters. The first-order chi connectivity index (χ1) is 12.5. The number of anilines is 1. The zero-order valence-corrected chi connectivity index (χ0v) is 14.5. The van der Waals surface area contributed by atoms with Gasteiger partial charge in [0.05, 0.1) is 6.04 Å². The minimum absolute atomic E-state index is 0.341. The molecule has 3 aromatic rings. The lowest BCUT2D eigenvalue weighted by atomic mass is 10.1. The molecule has 0 aliphatic rings. The SMILES string of the molecule is CC(c1ccc(F)c(F)c1)N(C)C(=O)Nc1cccc(-n2cccc2)c1. The van der Waals surface area contributed by atoms with E-state index in [1.165, 1.54) is 11.0 Å². The van der Waals surface area contributed by atoms with Gasteiger partial charge < -0.3 is 14.8 Å². The number of benzene rings is 2. The molecule has 1 aromatic heterocycles. The first-order valence-electron chi connectivity index (χ1n) is 8.18. The average molecular weight is 355 g/mol. The average Bonchev–Trinajstić information content (AvgIpc) is 3.17. The molecule has 4 nitrogen and oxygen atoms in total. The number of aromatic nitrogens is 1. The Morgan fingerprint density at radius 2 is 1.77 bits per heavy atom. The van der Waals surface area contributed by atoms with Crippen molar-refractivity contribution in [2.75, 3.05) is 12.4 Å². The van der Waals surface area contributed by atoms with Gasteiger partial charge in [-0.3, -0.25) is 0 Å². The molecular formula is C20H19F2N3O. The Kier molecular flexibility index (Phi) is 5.02. The van der Waals surface area contributed by atoms with Crippen LogP contribution in [-0.4, -0.2) is 22.5 Å². The van der Waals surface area contributed by atoms with E-state index in [4.69, 9.17) is 0 Å². The summed E-state index contributed by atoms with van der Waals surface area (Å²) >= 11 is 0. The third kappa shape index (κ3) is 3.74. The first kappa shape index (κ1) is 17.7. The molecule has 1 heterocycles. The zero-order chi connectivity index (χ0) is 18.7. The van der Waals surface area contributed by atoms with Crippen molar-refractivity contribution in [1.82, 2.24) is 9.47 Å². The summed E-state index contributed by atoms with van der Waals surface area (Å²) < 4.78 is 28.5. The highest BCUT2D eigenvalue weighted by atomic mass is 19.2. The summed E-state index contributed by atoms with van der Waals surface area (Å²) in [5.74, 6) is -1.84. The van der Waals surface area contributed by atoms with Crippen LogP contribution in [-0.2, 0) is 0 Å². The summed E-state index contributed by atoms with van der Waals surface area (Å²) in [4.78, 5) is 14.0. The van der Waals surface area contributed by atoms with Crippen LogP contribution in [0.2, 0.25) is 0 Å². The fraction of sp³-hybridized carbons (Fsp3) is 0.150. The number of halogens is 2. The van der Waals surface area contributed by atoms with Gasteiger partial charge in [0.25, 0.3) is 0 Å². The van der Waals surface area contributed by atoms with Gasteiger partial charge in [-0.1, -0.05) is 12.1 Å². The Morgan fingerprint density at radius 3 is 2.46 bits per heavy atom. The maximum atomic E-state index is 13.4. The van der Waals surface area contributed by atoms with Crippen LogP contribution in [0.15, 0.2) is 67.0 Å². The van der Waals surface area contributed by atoms with Crippen LogP contribution in [0.25, 0.3) is 5.69 Å². The normalized spacial score (nSPS) is 11.8. The number of carbonyl (C=O) groups is 1. The second kappa shape index (κ2) is 7.39. The fourth-order valence-electron chi connectivity index (χ4n) is 2.63. The van der Waals surface area contributed by atoms with Gasteiger partial charge in [0.1, 0.15) is 0 Å². The number of nitrogens with zero attached hydrogens (tertiary/aromatic N) is 2. The van der Waals surface area contributed by atoms with Gasteiger partial charge in [0, 0.05) is 30.8 Å². The van der Waals surface area contributed by atoms with E-state index in [1.807, 2.05) is 47.3 Å². The lowest BCUT2D eigenvalue weighted by Crippen LogP contribution is -2.33. The van der Waals surface area contributed by atoms with Gasteiger partial charge in [-0.2, -0.15) is 0 Å². The van der Waals surface area contributed by atoms with Gasteiger partial charge in [-0.05, 0) is 55.0 Å². The van der Waals surface area contributed by atoms with Gasteiger partial charge in [0.2, 0.25) is 0 Å². The molecule has 134 valence electrons. The third-order valence-electron chi connectivity index (χ3n) is 4.33. The maximum Gasteiger partial charge on any atom is 0.322 e. The molecule has 0 aliphatic carbocycles. The van der Waals surface area contributed by atoms with E-state index in [0.717, 1.165) is 17.8 Å². The molecule has 2 aromatic carbocycles. The first-order valence-corrected chi connectivity index (χ1v) is 8.18. The maximum absolute atomic E-state index is 13.4. The highest BCUT2D eigenvalue weighted by Gasteiger charge is 2.19. The van der Waals surface area contributed by atoms with E-state index in [2.05, 4.69) is 5.32 Å². The van der Waals surface area contributed by atoms with Gasteiger partial charge in [-0.15, -0.1) is 0 Å². The molecule has 3 rings (SSSR count).